The Labute approximate surface area is 95.7 Å². The molecule has 0 aliphatic rings. The first kappa shape index (κ1) is 10.8. The topological polar surface area (TPSA) is 45.6 Å². The Bertz CT molecular complexity index is 448. The van der Waals surface area contributed by atoms with E-state index in [1.165, 1.54) is 5.69 Å². The van der Waals surface area contributed by atoms with Gasteiger partial charge in [-0.3, -0.25) is 5.10 Å². The first-order valence-corrected chi connectivity index (χ1v) is 5.61. The highest BCUT2D eigenvalue weighted by Crippen LogP contribution is 2.17. The lowest BCUT2D eigenvalue weighted by Crippen LogP contribution is -2.06. The zero-order valence-electron chi connectivity index (χ0n) is 10.0. The number of hydrogen-bond donors (Lipinski definition) is 2. The predicted molar refractivity (Wildman–Crippen MR) is 65.5 cm³/mol. The number of nitrogens with one attached hydrogen (secondary N) is 2. The van der Waals surface area contributed by atoms with Gasteiger partial charge in [0.25, 0.3) is 0 Å². The van der Waals surface area contributed by atoms with E-state index >= 15 is 0 Å². The quantitative estimate of drug-likeness (QED) is 0.828. The van der Waals surface area contributed by atoms with Crippen molar-refractivity contribution in [3.05, 3.63) is 35.4 Å². The molecule has 2 aromatic heterocycles. The van der Waals surface area contributed by atoms with Crippen LogP contribution >= 0.6 is 0 Å². The van der Waals surface area contributed by atoms with Gasteiger partial charge in [-0.2, -0.15) is 5.10 Å². The fourth-order valence-electron chi connectivity index (χ4n) is 1.91. The van der Waals surface area contributed by atoms with Gasteiger partial charge in [0, 0.05) is 18.4 Å². The Morgan fingerprint density at radius 2 is 2.25 bits per heavy atom. The zero-order valence-corrected chi connectivity index (χ0v) is 10.0. The molecule has 0 spiro atoms. The van der Waals surface area contributed by atoms with E-state index in [-0.39, 0.29) is 0 Å². The molecule has 16 heavy (non-hydrogen) atoms. The van der Waals surface area contributed by atoms with Crippen LogP contribution in [0.15, 0.2) is 18.3 Å². The molecule has 2 aromatic rings. The summed E-state index contributed by atoms with van der Waals surface area (Å²) in [6, 6.07) is 4.22. The molecule has 4 heteroatoms. The maximum absolute atomic E-state index is 4.16. The van der Waals surface area contributed by atoms with E-state index in [1.54, 1.807) is 0 Å². The van der Waals surface area contributed by atoms with Crippen LogP contribution in [0, 0.1) is 13.8 Å². The molecule has 0 bridgehead atoms. The van der Waals surface area contributed by atoms with Gasteiger partial charge in [-0.25, -0.2) is 0 Å². The van der Waals surface area contributed by atoms with Crippen LogP contribution in [0.2, 0.25) is 0 Å². The minimum absolute atomic E-state index is 0.835. The summed E-state index contributed by atoms with van der Waals surface area (Å²) in [5.74, 6) is 0. The molecule has 0 fully saturated rings. The third-order valence-corrected chi connectivity index (χ3v) is 2.84. The summed E-state index contributed by atoms with van der Waals surface area (Å²) < 4.78 is 2.23. The normalized spacial score (nSPS) is 10.7. The molecule has 0 aliphatic heterocycles. The summed E-state index contributed by atoms with van der Waals surface area (Å²) in [7, 11) is 0. The van der Waals surface area contributed by atoms with Crippen molar-refractivity contribution in [2.24, 2.45) is 0 Å². The summed E-state index contributed by atoms with van der Waals surface area (Å²) in [5, 5.41) is 10.6. The molecule has 0 unspecified atom stereocenters. The Morgan fingerprint density at radius 1 is 1.44 bits per heavy atom. The van der Waals surface area contributed by atoms with Crippen LogP contribution in [0.25, 0.3) is 0 Å². The first-order chi connectivity index (χ1) is 7.72. The highest BCUT2D eigenvalue weighted by Gasteiger charge is 2.06. The van der Waals surface area contributed by atoms with Crippen LogP contribution in [0.3, 0.4) is 0 Å². The molecular weight excluding hydrogens is 200 g/mol. The molecule has 0 aliphatic carbocycles. The lowest BCUT2D eigenvalue weighted by Gasteiger charge is -2.09. The van der Waals surface area contributed by atoms with E-state index in [4.69, 9.17) is 0 Å². The van der Waals surface area contributed by atoms with Crippen LogP contribution in [-0.4, -0.2) is 14.8 Å². The van der Waals surface area contributed by atoms with Gasteiger partial charge in [0.2, 0.25) is 0 Å². The number of aryl methyl sites for hydroxylation is 3. The molecule has 2 rings (SSSR count). The fourth-order valence-corrected chi connectivity index (χ4v) is 1.91. The third kappa shape index (κ3) is 1.96. The minimum atomic E-state index is 0.835. The van der Waals surface area contributed by atoms with E-state index < -0.39 is 0 Å². The lowest BCUT2D eigenvalue weighted by atomic mass is 10.3. The van der Waals surface area contributed by atoms with Crippen molar-refractivity contribution in [1.29, 1.82) is 0 Å². The van der Waals surface area contributed by atoms with Crippen LogP contribution in [-0.2, 0) is 13.1 Å². The minimum Gasteiger partial charge on any atom is -0.376 e. The van der Waals surface area contributed by atoms with Gasteiger partial charge in [0.1, 0.15) is 0 Å². The zero-order chi connectivity index (χ0) is 11.5. The average Bonchev–Trinajstić information content (AvgIpc) is 2.84. The van der Waals surface area contributed by atoms with Crippen LogP contribution in [0.5, 0.6) is 0 Å². The van der Waals surface area contributed by atoms with Crippen molar-refractivity contribution in [2.45, 2.75) is 33.9 Å². The Morgan fingerprint density at radius 3 is 2.88 bits per heavy atom. The SMILES string of the molecule is CCn1cccc1CNc1c(C)n[nH]c1C. The second-order valence-electron chi connectivity index (χ2n) is 3.95. The standard InChI is InChI=1S/C12H18N4/c1-4-16-7-5-6-11(16)8-13-12-9(2)14-15-10(12)3/h5-7,13H,4,8H2,1-3H3,(H,14,15). The van der Waals surface area contributed by atoms with Crippen LogP contribution < -0.4 is 5.32 Å². The van der Waals surface area contributed by atoms with Gasteiger partial charge >= 0.3 is 0 Å². The summed E-state index contributed by atoms with van der Waals surface area (Å²) in [6.45, 7) is 8.03. The van der Waals surface area contributed by atoms with E-state index in [1.807, 2.05) is 13.8 Å². The number of H-pyrrole nitrogens is 1. The number of hydrogen-bond acceptors (Lipinski definition) is 2. The van der Waals surface area contributed by atoms with Crippen molar-refractivity contribution < 1.29 is 0 Å². The van der Waals surface area contributed by atoms with Crippen LogP contribution in [0.1, 0.15) is 24.0 Å². The van der Waals surface area contributed by atoms with E-state index in [9.17, 15) is 0 Å². The van der Waals surface area contributed by atoms with Gasteiger partial charge in [-0.15, -0.1) is 0 Å². The third-order valence-electron chi connectivity index (χ3n) is 2.84. The second kappa shape index (κ2) is 4.43. The Hall–Kier alpha value is -1.71. The molecule has 0 amide bonds. The van der Waals surface area contributed by atoms with Gasteiger partial charge in [-0.05, 0) is 32.9 Å². The summed E-state index contributed by atoms with van der Waals surface area (Å²) in [4.78, 5) is 0. The Kier molecular flexibility index (Phi) is 2.99. The maximum Gasteiger partial charge on any atom is 0.0825 e. The van der Waals surface area contributed by atoms with E-state index in [0.717, 1.165) is 30.2 Å². The molecule has 0 aromatic carbocycles. The molecular formula is C12H18N4. The smallest absolute Gasteiger partial charge is 0.0825 e. The molecule has 0 saturated heterocycles. The lowest BCUT2D eigenvalue weighted by molar-refractivity contribution is 0.724. The molecule has 86 valence electrons. The molecule has 0 radical (unpaired) electrons. The first-order valence-electron chi connectivity index (χ1n) is 5.61. The summed E-state index contributed by atoms with van der Waals surface area (Å²) in [5.41, 5.74) is 4.52. The fraction of sp³-hybridized carbons (Fsp3) is 0.417. The predicted octanol–water partition coefficient (Wildman–Crippen LogP) is 2.46. The molecule has 2 N–H and O–H groups in total. The number of anilines is 1. The number of nitrogens with zero attached hydrogens (tertiary/aromatic N) is 2. The number of aromatic nitrogens is 3. The molecule has 0 saturated carbocycles. The van der Waals surface area contributed by atoms with Gasteiger partial charge in [-0.1, -0.05) is 0 Å². The number of aromatic amines is 1. The number of rotatable bonds is 4. The second-order valence-corrected chi connectivity index (χ2v) is 3.95. The highest BCUT2D eigenvalue weighted by molar-refractivity contribution is 5.51. The highest BCUT2D eigenvalue weighted by atomic mass is 15.2. The van der Waals surface area contributed by atoms with Crippen LogP contribution in [0.4, 0.5) is 5.69 Å². The van der Waals surface area contributed by atoms with Gasteiger partial charge in [0.15, 0.2) is 0 Å². The molecule has 0 atom stereocenters. The Balaban J connectivity index is 2.08. The monoisotopic (exact) mass is 218 g/mol. The van der Waals surface area contributed by atoms with Crippen molar-refractivity contribution in [3.8, 4) is 0 Å². The summed E-state index contributed by atoms with van der Waals surface area (Å²) in [6.07, 6.45) is 2.10. The van der Waals surface area contributed by atoms with E-state index in [0.29, 0.717) is 0 Å². The molecule has 2 heterocycles. The van der Waals surface area contributed by atoms with Crippen molar-refractivity contribution >= 4 is 5.69 Å². The largest absolute Gasteiger partial charge is 0.376 e. The van der Waals surface area contributed by atoms with Crippen molar-refractivity contribution in [3.63, 3.8) is 0 Å². The van der Waals surface area contributed by atoms with E-state index in [2.05, 4.69) is 45.3 Å². The molecule has 4 nitrogen and oxygen atoms in total. The summed E-state index contributed by atoms with van der Waals surface area (Å²) >= 11 is 0. The van der Waals surface area contributed by atoms with Gasteiger partial charge in [0.05, 0.1) is 23.6 Å². The average molecular weight is 218 g/mol. The van der Waals surface area contributed by atoms with Crippen molar-refractivity contribution in [1.82, 2.24) is 14.8 Å². The van der Waals surface area contributed by atoms with Gasteiger partial charge < -0.3 is 9.88 Å². The maximum atomic E-state index is 4.16. The van der Waals surface area contributed by atoms with Crippen molar-refractivity contribution in [2.75, 3.05) is 5.32 Å².